The molecule has 0 radical (unpaired) electrons. The summed E-state index contributed by atoms with van der Waals surface area (Å²) in [7, 11) is 0. The Labute approximate surface area is 66.7 Å². The number of rotatable bonds is 2. The Morgan fingerprint density at radius 1 is 1.91 bits per heavy atom. The van der Waals surface area contributed by atoms with Gasteiger partial charge in [-0.2, -0.15) is 0 Å². The Bertz CT molecular complexity index is 314. The molecule has 5 nitrogen and oxygen atoms in total. The molecule has 6 heteroatoms. The lowest BCUT2D eigenvalue weighted by atomic mass is 10.7. The zero-order valence-corrected chi connectivity index (χ0v) is 6.74. The molecular weight excluding hydrogens is 166 g/mol. The molecule has 0 saturated heterocycles. The predicted molar refractivity (Wildman–Crippen MR) is 40.5 cm³/mol. The molecule has 1 heterocycles. The zero-order valence-electron chi connectivity index (χ0n) is 5.93. The minimum absolute atomic E-state index is 0.428. The van der Waals surface area contributed by atoms with Crippen LogP contribution in [0.1, 0.15) is 6.92 Å². The smallest absolute Gasteiger partial charge is 0.262 e. The van der Waals surface area contributed by atoms with E-state index in [4.69, 9.17) is 0 Å². The van der Waals surface area contributed by atoms with Crippen LogP contribution in [0.3, 0.4) is 0 Å². The van der Waals surface area contributed by atoms with E-state index >= 15 is 0 Å². The molecule has 60 valence electrons. The molecule has 0 atom stereocenters. The molecule has 0 saturated carbocycles. The SMILES string of the molecule is CCn1ccs/c1=N\[N+](=O)[O-]. The molecule has 0 aliphatic rings. The van der Waals surface area contributed by atoms with Gasteiger partial charge in [-0.1, -0.05) is 11.3 Å². The first-order valence-electron chi connectivity index (χ1n) is 3.07. The number of hydrogen-bond acceptors (Lipinski definition) is 3. The van der Waals surface area contributed by atoms with E-state index in [0.29, 0.717) is 11.3 Å². The summed E-state index contributed by atoms with van der Waals surface area (Å²) in [5.74, 6) is 0. The van der Waals surface area contributed by atoms with Gasteiger partial charge >= 0.3 is 0 Å². The average Bonchev–Trinajstić information content (AvgIpc) is 2.34. The maximum atomic E-state index is 9.97. The average molecular weight is 173 g/mol. The van der Waals surface area contributed by atoms with Crippen LogP contribution in [-0.2, 0) is 6.54 Å². The van der Waals surface area contributed by atoms with Crippen LogP contribution in [-0.4, -0.2) is 9.60 Å². The third-order valence-electron chi connectivity index (χ3n) is 1.17. The Hall–Kier alpha value is -1.17. The van der Waals surface area contributed by atoms with Gasteiger partial charge in [-0.15, -0.1) is 0 Å². The van der Waals surface area contributed by atoms with Crippen LogP contribution < -0.4 is 4.80 Å². The van der Waals surface area contributed by atoms with E-state index in [1.807, 2.05) is 6.92 Å². The summed E-state index contributed by atoms with van der Waals surface area (Å²) in [6.45, 7) is 2.61. The molecule has 0 bridgehead atoms. The zero-order chi connectivity index (χ0) is 8.27. The van der Waals surface area contributed by atoms with Crippen molar-refractivity contribution in [3.63, 3.8) is 0 Å². The number of hydrogen-bond donors (Lipinski definition) is 0. The topological polar surface area (TPSA) is 60.4 Å². The number of thiazole rings is 1. The van der Waals surface area contributed by atoms with E-state index in [0.717, 1.165) is 0 Å². The fraction of sp³-hybridized carbons (Fsp3) is 0.400. The van der Waals surface area contributed by atoms with Crippen LogP contribution in [0.2, 0.25) is 0 Å². The van der Waals surface area contributed by atoms with Gasteiger partial charge in [-0.05, 0) is 6.92 Å². The molecule has 1 rings (SSSR count). The molecule has 0 aromatic carbocycles. The van der Waals surface area contributed by atoms with Crippen molar-refractivity contribution in [3.8, 4) is 0 Å². The second kappa shape index (κ2) is 3.29. The summed E-state index contributed by atoms with van der Waals surface area (Å²) in [5.41, 5.74) is 0. The van der Waals surface area contributed by atoms with Crippen molar-refractivity contribution in [2.24, 2.45) is 5.10 Å². The molecule has 0 amide bonds. The van der Waals surface area contributed by atoms with E-state index in [9.17, 15) is 10.1 Å². The normalized spacial score (nSPS) is 11.9. The van der Waals surface area contributed by atoms with E-state index in [-0.39, 0.29) is 0 Å². The molecule has 0 aliphatic heterocycles. The minimum atomic E-state index is -0.683. The highest BCUT2D eigenvalue weighted by Gasteiger charge is 1.95. The van der Waals surface area contributed by atoms with Gasteiger partial charge in [0, 0.05) is 18.1 Å². The fourth-order valence-electron chi connectivity index (χ4n) is 0.688. The van der Waals surface area contributed by atoms with Gasteiger partial charge in [0.2, 0.25) is 0 Å². The lowest BCUT2D eigenvalue weighted by Crippen LogP contribution is -2.14. The van der Waals surface area contributed by atoms with Crippen molar-refractivity contribution in [3.05, 3.63) is 26.5 Å². The van der Waals surface area contributed by atoms with Crippen LogP contribution in [0.5, 0.6) is 0 Å². The van der Waals surface area contributed by atoms with Crippen molar-refractivity contribution in [1.82, 2.24) is 4.57 Å². The molecule has 11 heavy (non-hydrogen) atoms. The highest BCUT2D eigenvalue weighted by Crippen LogP contribution is 1.88. The third kappa shape index (κ3) is 1.87. The lowest BCUT2D eigenvalue weighted by molar-refractivity contribution is -0.490. The molecule has 0 spiro atoms. The minimum Gasteiger partial charge on any atom is -0.319 e. The Morgan fingerprint density at radius 3 is 3.18 bits per heavy atom. The standard InChI is InChI=1S/C5H7N3O2S/c1-2-7-3-4-11-5(7)6-8(9)10/h3-4H,2H2,1H3/b6-5-. The van der Waals surface area contributed by atoms with E-state index < -0.39 is 5.03 Å². The monoisotopic (exact) mass is 173 g/mol. The summed E-state index contributed by atoms with van der Waals surface area (Å²) in [6, 6.07) is 0. The summed E-state index contributed by atoms with van der Waals surface area (Å²) in [4.78, 5) is 10.4. The van der Waals surface area contributed by atoms with E-state index in [1.165, 1.54) is 11.3 Å². The molecule has 0 unspecified atom stereocenters. The van der Waals surface area contributed by atoms with Gasteiger partial charge in [0.05, 0.1) is 5.10 Å². The van der Waals surface area contributed by atoms with Gasteiger partial charge in [0.1, 0.15) is 0 Å². The first kappa shape index (κ1) is 7.93. The molecule has 0 fully saturated rings. The van der Waals surface area contributed by atoms with Crippen LogP contribution in [0.15, 0.2) is 16.7 Å². The maximum Gasteiger partial charge on any atom is 0.262 e. The molecule has 0 N–H and O–H groups in total. The first-order valence-corrected chi connectivity index (χ1v) is 3.95. The van der Waals surface area contributed by atoms with Crippen LogP contribution in [0.4, 0.5) is 0 Å². The molecule has 1 aromatic rings. The van der Waals surface area contributed by atoms with Crippen molar-refractivity contribution in [2.75, 3.05) is 0 Å². The Balaban J connectivity index is 3.11. The Kier molecular flexibility index (Phi) is 2.37. The van der Waals surface area contributed by atoms with Crippen LogP contribution >= 0.6 is 11.3 Å². The summed E-state index contributed by atoms with van der Waals surface area (Å²) in [6.07, 6.45) is 1.77. The van der Waals surface area contributed by atoms with Gasteiger partial charge in [0.25, 0.3) is 4.80 Å². The molecule has 1 aromatic heterocycles. The fourth-order valence-corrected chi connectivity index (χ4v) is 1.46. The first-order chi connectivity index (χ1) is 5.24. The Morgan fingerprint density at radius 2 is 2.64 bits per heavy atom. The lowest BCUT2D eigenvalue weighted by Gasteiger charge is -1.90. The van der Waals surface area contributed by atoms with Gasteiger partial charge in [-0.3, -0.25) is 0 Å². The largest absolute Gasteiger partial charge is 0.319 e. The molecule has 0 aliphatic carbocycles. The second-order valence-corrected chi connectivity index (χ2v) is 2.68. The maximum absolute atomic E-state index is 9.97. The van der Waals surface area contributed by atoms with Crippen molar-refractivity contribution < 1.29 is 5.03 Å². The van der Waals surface area contributed by atoms with E-state index in [2.05, 4.69) is 5.10 Å². The third-order valence-corrected chi connectivity index (χ3v) is 1.95. The predicted octanol–water partition coefficient (Wildman–Crippen LogP) is 0.662. The van der Waals surface area contributed by atoms with Crippen LogP contribution in [0, 0.1) is 10.1 Å². The molecular formula is C5H7N3O2S. The highest BCUT2D eigenvalue weighted by atomic mass is 32.1. The quantitative estimate of drug-likeness (QED) is 0.487. The summed E-state index contributed by atoms with van der Waals surface area (Å²) in [5, 5.41) is 14.2. The highest BCUT2D eigenvalue weighted by molar-refractivity contribution is 7.07. The van der Waals surface area contributed by atoms with Crippen molar-refractivity contribution >= 4 is 11.3 Å². The number of nitrogens with zero attached hydrogens (tertiary/aromatic N) is 3. The van der Waals surface area contributed by atoms with Gasteiger partial charge in [-0.25, -0.2) is 10.1 Å². The van der Waals surface area contributed by atoms with Gasteiger partial charge < -0.3 is 4.57 Å². The van der Waals surface area contributed by atoms with Gasteiger partial charge in [0.15, 0.2) is 5.03 Å². The van der Waals surface area contributed by atoms with Crippen molar-refractivity contribution in [1.29, 1.82) is 0 Å². The summed E-state index contributed by atoms with van der Waals surface area (Å²) < 4.78 is 1.72. The second-order valence-electron chi connectivity index (χ2n) is 1.81. The van der Waals surface area contributed by atoms with Crippen molar-refractivity contribution in [2.45, 2.75) is 13.5 Å². The number of nitro groups is 1. The summed E-state index contributed by atoms with van der Waals surface area (Å²) >= 11 is 1.26. The number of aromatic nitrogens is 1. The van der Waals surface area contributed by atoms with Crippen LogP contribution in [0.25, 0.3) is 0 Å². The number of aryl methyl sites for hydroxylation is 1. The van der Waals surface area contributed by atoms with E-state index in [1.54, 1.807) is 16.1 Å².